The first-order valence-electron chi connectivity index (χ1n) is 10.4. The van der Waals surface area contributed by atoms with Gasteiger partial charge in [-0.25, -0.2) is 0 Å². The number of rotatable bonds is 4. The van der Waals surface area contributed by atoms with E-state index in [9.17, 15) is 0 Å². The van der Waals surface area contributed by atoms with Gasteiger partial charge in [-0.2, -0.15) is 0 Å². The van der Waals surface area contributed by atoms with Crippen LogP contribution in [0.4, 0.5) is 11.4 Å². The van der Waals surface area contributed by atoms with Crippen molar-refractivity contribution in [2.45, 2.75) is 47.6 Å². The van der Waals surface area contributed by atoms with E-state index in [1.807, 2.05) is 0 Å². The van der Waals surface area contributed by atoms with E-state index in [-0.39, 0.29) is 0 Å². The fraction of sp³-hybridized carbons (Fsp3) is 0.520. The van der Waals surface area contributed by atoms with Crippen molar-refractivity contribution in [2.75, 3.05) is 50.7 Å². The van der Waals surface area contributed by atoms with Gasteiger partial charge in [-0.15, -0.1) is 0 Å². The average Bonchev–Trinajstić information content (AvgIpc) is 2.86. The van der Waals surface area contributed by atoms with E-state index in [0.717, 1.165) is 24.2 Å². The molecule has 1 aliphatic rings. The zero-order valence-corrected chi connectivity index (χ0v) is 19.3. The van der Waals surface area contributed by atoms with Gasteiger partial charge in [-0.05, 0) is 63.8 Å². The van der Waals surface area contributed by atoms with Crippen LogP contribution in [0.3, 0.4) is 0 Å². The Bertz CT molecular complexity index is 830. The SMILES string of the molecule is Cc1cc(C)c(N2CC(C[N+](C)(C)C)N(c3c(C)cc(C)cc3C)C2)c(C)c1. The number of anilines is 2. The molecular formula is C25H38N3+. The van der Waals surface area contributed by atoms with Crippen molar-refractivity contribution in [3.05, 3.63) is 57.6 Å². The molecule has 1 atom stereocenters. The molecule has 1 aliphatic heterocycles. The van der Waals surface area contributed by atoms with Gasteiger partial charge in [0, 0.05) is 17.9 Å². The molecular weight excluding hydrogens is 342 g/mol. The van der Waals surface area contributed by atoms with Crippen molar-refractivity contribution in [3.8, 4) is 0 Å². The summed E-state index contributed by atoms with van der Waals surface area (Å²) in [5.74, 6) is 0. The minimum Gasteiger partial charge on any atom is -0.351 e. The Morgan fingerprint density at radius 3 is 1.61 bits per heavy atom. The Morgan fingerprint density at radius 2 is 1.18 bits per heavy atom. The van der Waals surface area contributed by atoms with Gasteiger partial charge < -0.3 is 14.3 Å². The summed E-state index contributed by atoms with van der Waals surface area (Å²) >= 11 is 0. The number of nitrogens with zero attached hydrogens (tertiary/aromatic N) is 3. The molecule has 0 N–H and O–H groups in total. The molecule has 1 heterocycles. The minimum atomic E-state index is 0.500. The number of benzene rings is 2. The Morgan fingerprint density at radius 1 is 0.750 bits per heavy atom. The van der Waals surface area contributed by atoms with Crippen LogP contribution in [0.25, 0.3) is 0 Å². The first-order valence-corrected chi connectivity index (χ1v) is 10.4. The van der Waals surface area contributed by atoms with Crippen LogP contribution in [0.2, 0.25) is 0 Å². The summed E-state index contributed by atoms with van der Waals surface area (Å²) in [5, 5.41) is 0. The Labute approximate surface area is 172 Å². The number of quaternary nitrogens is 1. The van der Waals surface area contributed by atoms with Crippen LogP contribution in [-0.2, 0) is 0 Å². The third-order valence-corrected chi connectivity index (χ3v) is 5.83. The molecule has 1 saturated heterocycles. The fourth-order valence-corrected chi connectivity index (χ4v) is 5.21. The van der Waals surface area contributed by atoms with Crippen molar-refractivity contribution in [3.63, 3.8) is 0 Å². The van der Waals surface area contributed by atoms with Crippen molar-refractivity contribution >= 4 is 11.4 Å². The minimum absolute atomic E-state index is 0.500. The largest absolute Gasteiger partial charge is 0.351 e. The molecule has 28 heavy (non-hydrogen) atoms. The number of hydrogen-bond acceptors (Lipinski definition) is 2. The van der Waals surface area contributed by atoms with E-state index in [0.29, 0.717) is 6.04 Å². The van der Waals surface area contributed by atoms with Crippen molar-refractivity contribution in [1.29, 1.82) is 0 Å². The summed E-state index contributed by atoms with van der Waals surface area (Å²) in [6, 6.07) is 9.80. The van der Waals surface area contributed by atoms with E-state index in [1.165, 1.54) is 44.8 Å². The predicted molar refractivity (Wildman–Crippen MR) is 123 cm³/mol. The molecule has 3 rings (SSSR count). The van der Waals surface area contributed by atoms with Gasteiger partial charge in [-0.1, -0.05) is 35.4 Å². The molecule has 0 saturated carbocycles. The highest BCUT2D eigenvalue weighted by Gasteiger charge is 2.36. The van der Waals surface area contributed by atoms with Crippen molar-refractivity contribution in [1.82, 2.24) is 0 Å². The summed E-state index contributed by atoms with van der Waals surface area (Å²) in [4.78, 5) is 5.26. The van der Waals surface area contributed by atoms with E-state index >= 15 is 0 Å². The lowest BCUT2D eigenvalue weighted by atomic mass is 10.0. The Kier molecular flexibility index (Phi) is 5.51. The van der Waals surface area contributed by atoms with Crippen LogP contribution >= 0.6 is 0 Å². The molecule has 0 spiro atoms. The predicted octanol–water partition coefficient (Wildman–Crippen LogP) is 4.90. The maximum absolute atomic E-state index is 2.66. The summed E-state index contributed by atoms with van der Waals surface area (Å²) in [5.41, 5.74) is 11.1. The summed E-state index contributed by atoms with van der Waals surface area (Å²) in [6.07, 6.45) is 0. The highest BCUT2D eigenvalue weighted by molar-refractivity contribution is 5.67. The van der Waals surface area contributed by atoms with Crippen LogP contribution in [0.5, 0.6) is 0 Å². The molecule has 0 amide bonds. The highest BCUT2D eigenvalue weighted by Crippen LogP contribution is 2.35. The number of likely N-dealkylation sites (N-methyl/N-ethyl adjacent to an activating group) is 1. The van der Waals surface area contributed by atoms with Crippen LogP contribution in [0.15, 0.2) is 24.3 Å². The second-order valence-electron chi connectivity index (χ2n) is 9.95. The van der Waals surface area contributed by atoms with Gasteiger partial charge in [-0.3, -0.25) is 0 Å². The molecule has 0 bridgehead atoms. The molecule has 1 fully saturated rings. The Balaban J connectivity index is 2.04. The smallest absolute Gasteiger partial charge is 0.101 e. The van der Waals surface area contributed by atoms with Gasteiger partial charge >= 0.3 is 0 Å². The van der Waals surface area contributed by atoms with Gasteiger partial charge in [0.15, 0.2) is 0 Å². The average molecular weight is 381 g/mol. The molecule has 3 heteroatoms. The molecule has 0 aliphatic carbocycles. The third-order valence-electron chi connectivity index (χ3n) is 5.83. The maximum Gasteiger partial charge on any atom is 0.101 e. The first-order chi connectivity index (χ1) is 13.0. The second kappa shape index (κ2) is 7.44. The lowest BCUT2D eigenvalue weighted by Crippen LogP contribution is -2.48. The quantitative estimate of drug-likeness (QED) is 0.697. The molecule has 0 aromatic heterocycles. The zero-order valence-electron chi connectivity index (χ0n) is 19.3. The zero-order chi connectivity index (χ0) is 20.8. The normalized spacial score (nSPS) is 17.5. The lowest BCUT2D eigenvalue weighted by Gasteiger charge is -2.34. The number of hydrogen-bond donors (Lipinski definition) is 0. The third kappa shape index (κ3) is 4.20. The van der Waals surface area contributed by atoms with Crippen molar-refractivity contribution in [2.24, 2.45) is 0 Å². The topological polar surface area (TPSA) is 6.48 Å². The monoisotopic (exact) mass is 380 g/mol. The standard InChI is InChI=1S/C25H38N3/c1-17-10-19(3)24(20(4)11-17)26-14-23(15-28(7,8)9)27(16-26)25-21(5)12-18(2)13-22(25)6/h10-13,23H,14-16H2,1-9H3/q+1. The van der Waals surface area contributed by atoms with Crippen LogP contribution in [0, 0.1) is 41.5 Å². The van der Waals surface area contributed by atoms with Gasteiger partial charge in [0.1, 0.15) is 6.54 Å². The molecule has 3 nitrogen and oxygen atoms in total. The molecule has 1 unspecified atom stereocenters. The first kappa shape index (κ1) is 20.7. The highest BCUT2D eigenvalue weighted by atomic mass is 15.4. The van der Waals surface area contributed by atoms with E-state index in [2.05, 4.69) is 96.8 Å². The van der Waals surface area contributed by atoms with Crippen LogP contribution in [0.1, 0.15) is 33.4 Å². The lowest BCUT2D eigenvalue weighted by molar-refractivity contribution is -0.870. The Hall–Kier alpha value is -2.00. The van der Waals surface area contributed by atoms with E-state index in [1.54, 1.807) is 0 Å². The van der Waals surface area contributed by atoms with Crippen molar-refractivity contribution < 1.29 is 4.48 Å². The van der Waals surface area contributed by atoms with Gasteiger partial charge in [0.05, 0.1) is 33.9 Å². The van der Waals surface area contributed by atoms with Crippen LogP contribution < -0.4 is 9.80 Å². The molecule has 2 aromatic carbocycles. The summed E-state index contributed by atoms with van der Waals surface area (Å²) in [6.45, 7) is 16.6. The summed E-state index contributed by atoms with van der Waals surface area (Å²) < 4.78 is 0.977. The maximum atomic E-state index is 2.66. The van der Waals surface area contributed by atoms with Gasteiger partial charge in [0.25, 0.3) is 0 Å². The van der Waals surface area contributed by atoms with E-state index < -0.39 is 0 Å². The number of aryl methyl sites for hydroxylation is 6. The molecule has 2 aromatic rings. The molecule has 152 valence electrons. The molecule has 0 radical (unpaired) electrons. The van der Waals surface area contributed by atoms with E-state index in [4.69, 9.17) is 0 Å². The second-order valence-corrected chi connectivity index (χ2v) is 9.95. The fourth-order valence-electron chi connectivity index (χ4n) is 5.21. The van der Waals surface area contributed by atoms with Gasteiger partial charge in [0.2, 0.25) is 0 Å². The summed E-state index contributed by atoms with van der Waals surface area (Å²) in [7, 11) is 6.91. The van der Waals surface area contributed by atoms with Crippen LogP contribution in [-0.4, -0.2) is 51.4 Å².